The van der Waals surface area contributed by atoms with Gasteiger partial charge in [0.25, 0.3) is 0 Å². The number of sulfonamides is 1. The third-order valence-electron chi connectivity index (χ3n) is 3.15. The predicted octanol–water partition coefficient (Wildman–Crippen LogP) is 2.65. The Bertz CT molecular complexity index is 733. The zero-order valence-corrected chi connectivity index (χ0v) is 13.7. The van der Waals surface area contributed by atoms with Gasteiger partial charge in [-0.1, -0.05) is 11.6 Å². The van der Waals surface area contributed by atoms with Gasteiger partial charge in [-0.15, -0.1) is 0 Å². The molecule has 0 aliphatic carbocycles. The summed E-state index contributed by atoms with van der Waals surface area (Å²) in [6.45, 7) is 0.0938. The SMILES string of the molecule is CN(C)[C@@H](CNS(=O)(=O)c1ccc(F)cc1Cl)c1ccco1. The van der Waals surface area contributed by atoms with E-state index < -0.39 is 15.8 Å². The van der Waals surface area contributed by atoms with Crippen molar-refractivity contribution >= 4 is 21.6 Å². The van der Waals surface area contributed by atoms with Crippen LogP contribution in [0.15, 0.2) is 45.9 Å². The van der Waals surface area contributed by atoms with Crippen LogP contribution >= 0.6 is 11.6 Å². The maximum atomic E-state index is 13.0. The van der Waals surface area contributed by atoms with E-state index in [-0.39, 0.29) is 22.5 Å². The van der Waals surface area contributed by atoms with Crippen LogP contribution in [0, 0.1) is 5.82 Å². The number of hydrogen-bond donors (Lipinski definition) is 1. The molecular formula is C14H16ClFN2O3S. The highest BCUT2D eigenvalue weighted by Crippen LogP contribution is 2.23. The van der Waals surface area contributed by atoms with Gasteiger partial charge in [-0.25, -0.2) is 17.5 Å². The summed E-state index contributed by atoms with van der Waals surface area (Å²) in [4.78, 5) is 1.67. The number of nitrogens with one attached hydrogen (secondary N) is 1. The number of hydrogen-bond acceptors (Lipinski definition) is 4. The molecule has 2 aromatic rings. The number of rotatable bonds is 6. The Morgan fingerprint density at radius 1 is 1.36 bits per heavy atom. The van der Waals surface area contributed by atoms with E-state index in [2.05, 4.69) is 4.72 Å². The van der Waals surface area contributed by atoms with E-state index in [1.165, 1.54) is 6.26 Å². The minimum absolute atomic E-state index is 0.0938. The van der Waals surface area contributed by atoms with E-state index in [0.29, 0.717) is 5.76 Å². The number of furan rings is 1. The Balaban J connectivity index is 2.18. The third kappa shape index (κ3) is 3.86. The van der Waals surface area contributed by atoms with Crippen molar-refractivity contribution in [3.05, 3.63) is 53.2 Å². The van der Waals surface area contributed by atoms with Gasteiger partial charge in [0.15, 0.2) is 0 Å². The second kappa shape index (κ2) is 6.78. The van der Waals surface area contributed by atoms with E-state index in [9.17, 15) is 12.8 Å². The summed E-state index contributed by atoms with van der Waals surface area (Å²) in [7, 11) is -0.221. The van der Waals surface area contributed by atoms with Crippen molar-refractivity contribution in [3.8, 4) is 0 Å². The summed E-state index contributed by atoms with van der Waals surface area (Å²) in [6, 6.07) is 6.38. The average Bonchev–Trinajstić information content (AvgIpc) is 2.91. The summed E-state index contributed by atoms with van der Waals surface area (Å²) in [5.41, 5.74) is 0. The molecule has 5 nitrogen and oxygen atoms in total. The van der Waals surface area contributed by atoms with Crippen molar-refractivity contribution in [1.29, 1.82) is 0 Å². The number of halogens is 2. The van der Waals surface area contributed by atoms with Crippen LogP contribution in [-0.2, 0) is 10.0 Å². The molecule has 1 aromatic carbocycles. The molecule has 0 saturated carbocycles. The topological polar surface area (TPSA) is 62.6 Å². The van der Waals surface area contributed by atoms with Crippen molar-refractivity contribution < 1.29 is 17.2 Å². The Labute approximate surface area is 133 Å². The second-order valence-electron chi connectivity index (χ2n) is 4.92. The highest BCUT2D eigenvalue weighted by atomic mass is 35.5. The molecule has 1 heterocycles. The molecule has 1 N–H and O–H groups in total. The van der Waals surface area contributed by atoms with E-state index in [0.717, 1.165) is 18.2 Å². The van der Waals surface area contributed by atoms with Gasteiger partial charge in [-0.3, -0.25) is 4.90 Å². The lowest BCUT2D eigenvalue weighted by atomic mass is 10.2. The molecule has 0 aliphatic heterocycles. The van der Waals surface area contributed by atoms with Gasteiger partial charge in [-0.05, 0) is 44.4 Å². The number of likely N-dealkylation sites (N-methyl/N-ethyl adjacent to an activating group) is 1. The van der Waals surface area contributed by atoms with E-state index in [4.69, 9.17) is 16.0 Å². The molecule has 0 aliphatic rings. The van der Waals surface area contributed by atoms with Crippen LogP contribution in [0.5, 0.6) is 0 Å². The minimum atomic E-state index is -3.84. The lowest BCUT2D eigenvalue weighted by Crippen LogP contribution is -2.34. The first kappa shape index (κ1) is 17.0. The van der Waals surface area contributed by atoms with Crippen molar-refractivity contribution in [3.63, 3.8) is 0 Å². The Morgan fingerprint density at radius 2 is 2.09 bits per heavy atom. The van der Waals surface area contributed by atoms with Crippen LogP contribution in [0.25, 0.3) is 0 Å². The van der Waals surface area contributed by atoms with Gasteiger partial charge >= 0.3 is 0 Å². The van der Waals surface area contributed by atoms with Gasteiger partial charge in [0.05, 0.1) is 17.3 Å². The molecule has 0 fully saturated rings. The molecule has 1 aromatic heterocycles. The molecule has 0 spiro atoms. The molecule has 0 bridgehead atoms. The Kier molecular flexibility index (Phi) is 5.23. The molecule has 8 heteroatoms. The highest BCUT2D eigenvalue weighted by Gasteiger charge is 2.23. The quantitative estimate of drug-likeness (QED) is 0.873. The minimum Gasteiger partial charge on any atom is -0.468 e. The van der Waals surface area contributed by atoms with Gasteiger partial charge in [-0.2, -0.15) is 0 Å². The predicted molar refractivity (Wildman–Crippen MR) is 81.7 cm³/mol. The van der Waals surface area contributed by atoms with Crippen LogP contribution < -0.4 is 4.72 Å². The van der Waals surface area contributed by atoms with Crippen LogP contribution in [0.4, 0.5) is 4.39 Å². The summed E-state index contributed by atoms with van der Waals surface area (Å²) < 4.78 is 45.4. The molecule has 0 saturated heterocycles. The van der Waals surface area contributed by atoms with E-state index >= 15 is 0 Å². The zero-order chi connectivity index (χ0) is 16.3. The summed E-state index contributed by atoms with van der Waals surface area (Å²) in [6.07, 6.45) is 1.52. The van der Waals surface area contributed by atoms with E-state index in [1.807, 2.05) is 19.0 Å². The average molecular weight is 347 g/mol. The van der Waals surface area contributed by atoms with Crippen LogP contribution in [0.3, 0.4) is 0 Å². The molecule has 0 unspecified atom stereocenters. The maximum absolute atomic E-state index is 13.0. The lowest BCUT2D eigenvalue weighted by Gasteiger charge is -2.22. The first-order valence-corrected chi connectivity index (χ1v) is 8.32. The highest BCUT2D eigenvalue weighted by molar-refractivity contribution is 7.89. The van der Waals surface area contributed by atoms with Gasteiger partial charge in [0.2, 0.25) is 10.0 Å². The van der Waals surface area contributed by atoms with Gasteiger partial charge in [0.1, 0.15) is 16.5 Å². The monoisotopic (exact) mass is 346 g/mol. The summed E-state index contributed by atoms with van der Waals surface area (Å²) in [5, 5.41) is -0.160. The molecule has 0 amide bonds. The smallest absolute Gasteiger partial charge is 0.242 e. The molecular weight excluding hydrogens is 331 g/mol. The molecule has 2 rings (SSSR count). The zero-order valence-electron chi connectivity index (χ0n) is 12.1. The van der Waals surface area contributed by atoms with Crippen molar-refractivity contribution in [2.45, 2.75) is 10.9 Å². The summed E-state index contributed by atoms with van der Waals surface area (Å²) in [5.74, 6) is 0.0450. The fraction of sp³-hybridized carbons (Fsp3) is 0.286. The molecule has 0 radical (unpaired) electrons. The summed E-state index contributed by atoms with van der Waals surface area (Å²) >= 11 is 5.80. The van der Waals surface area contributed by atoms with Crippen molar-refractivity contribution in [2.24, 2.45) is 0 Å². The van der Waals surface area contributed by atoms with Gasteiger partial charge < -0.3 is 4.42 Å². The fourth-order valence-corrected chi connectivity index (χ4v) is 3.55. The molecule has 1 atom stereocenters. The molecule has 120 valence electrons. The number of nitrogens with zero attached hydrogens (tertiary/aromatic N) is 1. The maximum Gasteiger partial charge on any atom is 0.242 e. The first-order chi connectivity index (χ1) is 10.3. The normalized spacial score (nSPS) is 13.5. The van der Waals surface area contributed by atoms with Gasteiger partial charge in [0, 0.05) is 6.54 Å². The van der Waals surface area contributed by atoms with Crippen molar-refractivity contribution in [2.75, 3.05) is 20.6 Å². The van der Waals surface area contributed by atoms with Crippen LogP contribution in [-0.4, -0.2) is 34.0 Å². The Morgan fingerprint density at radius 3 is 2.64 bits per heavy atom. The third-order valence-corrected chi connectivity index (χ3v) is 5.05. The largest absolute Gasteiger partial charge is 0.468 e. The Hall–Kier alpha value is -1.41. The second-order valence-corrected chi connectivity index (χ2v) is 7.06. The standard InChI is InChI=1S/C14H16ClFN2O3S/c1-18(2)12(13-4-3-7-21-13)9-17-22(19,20)14-6-5-10(16)8-11(14)15/h3-8,12,17H,9H2,1-2H3/t12-/m0/s1. The first-order valence-electron chi connectivity index (χ1n) is 6.46. The van der Waals surface area contributed by atoms with Crippen LogP contribution in [0.2, 0.25) is 5.02 Å². The lowest BCUT2D eigenvalue weighted by molar-refractivity contribution is 0.259. The fourth-order valence-electron chi connectivity index (χ4n) is 1.98. The molecule has 22 heavy (non-hydrogen) atoms. The van der Waals surface area contributed by atoms with E-state index in [1.54, 1.807) is 12.1 Å². The van der Waals surface area contributed by atoms with Crippen LogP contribution in [0.1, 0.15) is 11.8 Å². The number of benzene rings is 1. The van der Waals surface area contributed by atoms with Crippen molar-refractivity contribution in [1.82, 2.24) is 9.62 Å².